The summed E-state index contributed by atoms with van der Waals surface area (Å²) in [4.78, 5) is 12.7. The third-order valence-corrected chi connectivity index (χ3v) is 6.80. The number of carbonyl (C=O) groups excluding carboxylic acids is 1. The van der Waals surface area contributed by atoms with Crippen molar-refractivity contribution in [3.63, 3.8) is 0 Å². The van der Waals surface area contributed by atoms with E-state index in [0.29, 0.717) is 10.9 Å². The van der Waals surface area contributed by atoms with Gasteiger partial charge in [0, 0.05) is 9.86 Å². The minimum atomic E-state index is -4.01. The molecular weight excluding hydrogens is 416 g/mol. The average Bonchev–Trinajstić information content (AvgIpc) is 2.63. The van der Waals surface area contributed by atoms with Crippen molar-refractivity contribution in [2.24, 2.45) is 0 Å². The highest BCUT2D eigenvalue weighted by molar-refractivity contribution is 9.10. The summed E-state index contributed by atoms with van der Waals surface area (Å²) in [5.41, 5.74) is 0.387. The van der Waals surface area contributed by atoms with Gasteiger partial charge in [0.05, 0.1) is 11.5 Å². The SMILES string of the molecule is CCOC(=O)C(c1ccccc1)S(=O)(=O)c1ccc(Br)c2ccccc12. The highest BCUT2D eigenvalue weighted by atomic mass is 79.9. The van der Waals surface area contributed by atoms with Crippen LogP contribution in [0.4, 0.5) is 0 Å². The third kappa shape index (κ3) is 3.39. The van der Waals surface area contributed by atoms with Gasteiger partial charge in [-0.1, -0.05) is 70.5 Å². The van der Waals surface area contributed by atoms with E-state index < -0.39 is 21.1 Å². The van der Waals surface area contributed by atoms with Gasteiger partial charge in [0.2, 0.25) is 0 Å². The van der Waals surface area contributed by atoms with Crippen molar-refractivity contribution in [3.05, 3.63) is 76.8 Å². The number of ether oxygens (including phenoxy) is 1. The van der Waals surface area contributed by atoms with Crippen molar-refractivity contribution < 1.29 is 17.9 Å². The van der Waals surface area contributed by atoms with Gasteiger partial charge in [-0.3, -0.25) is 4.79 Å². The molecule has 0 saturated carbocycles. The summed E-state index contributed by atoms with van der Waals surface area (Å²) >= 11 is 3.45. The maximum atomic E-state index is 13.5. The Balaban J connectivity index is 2.24. The molecule has 0 amide bonds. The van der Waals surface area contributed by atoms with Crippen molar-refractivity contribution in [2.45, 2.75) is 17.1 Å². The molecule has 6 heteroatoms. The number of benzene rings is 3. The topological polar surface area (TPSA) is 60.4 Å². The minimum absolute atomic E-state index is 0.109. The zero-order valence-corrected chi connectivity index (χ0v) is 16.5. The Kier molecular flexibility index (Phi) is 5.44. The normalized spacial score (nSPS) is 12.7. The average molecular weight is 433 g/mol. The highest BCUT2D eigenvalue weighted by Gasteiger charge is 2.37. The van der Waals surface area contributed by atoms with Crippen LogP contribution in [-0.4, -0.2) is 21.0 Å². The van der Waals surface area contributed by atoms with E-state index in [4.69, 9.17) is 4.74 Å². The van der Waals surface area contributed by atoms with Crippen molar-refractivity contribution >= 4 is 42.5 Å². The van der Waals surface area contributed by atoms with E-state index in [1.165, 1.54) is 6.07 Å². The van der Waals surface area contributed by atoms with Crippen LogP contribution in [0.15, 0.2) is 76.1 Å². The van der Waals surface area contributed by atoms with Crippen LogP contribution in [0.3, 0.4) is 0 Å². The van der Waals surface area contributed by atoms with Gasteiger partial charge in [-0.05, 0) is 30.0 Å². The lowest BCUT2D eigenvalue weighted by Gasteiger charge is -2.18. The summed E-state index contributed by atoms with van der Waals surface area (Å²) in [7, 11) is -4.01. The molecule has 26 heavy (non-hydrogen) atoms. The fourth-order valence-corrected chi connectivity index (χ4v) is 5.21. The van der Waals surface area contributed by atoms with Crippen LogP contribution in [0.1, 0.15) is 17.7 Å². The Morgan fingerprint density at radius 1 is 0.962 bits per heavy atom. The molecule has 0 aliphatic carbocycles. The lowest BCUT2D eigenvalue weighted by Crippen LogP contribution is -2.25. The second-order valence-corrected chi connectivity index (χ2v) is 8.53. The van der Waals surface area contributed by atoms with Gasteiger partial charge in [0.25, 0.3) is 0 Å². The summed E-state index contributed by atoms with van der Waals surface area (Å²) in [6.45, 7) is 1.76. The molecular formula is C20H17BrO4S. The van der Waals surface area contributed by atoms with Crippen LogP contribution < -0.4 is 0 Å². The predicted octanol–water partition coefficient (Wildman–Crippen LogP) is 4.68. The van der Waals surface area contributed by atoms with E-state index in [0.717, 1.165) is 9.86 Å². The molecule has 3 aromatic carbocycles. The summed E-state index contributed by atoms with van der Waals surface area (Å²) in [6, 6.07) is 18.8. The van der Waals surface area contributed by atoms with E-state index in [-0.39, 0.29) is 11.5 Å². The summed E-state index contributed by atoms with van der Waals surface area (Å²) < 4.78 is 32.8. The molecule has 1 atom stereocenters. The number of carbonyl (C=O) groups is 1. The van der Waals surface area contributed by atoms with Crippen molar-refractivity contribution in [3.8, 4) is 0 Å². The molecule has 0 fully saturated rings. The smallest absolute Gasteiger partial charge is 0.329 e. The van der Waals surface area contributed by atoms with Gasteiger partial charge in [-0.15, -0.1) is 0 Å². The van der Waals surface area contributed by atoms with Gasteiger partial charge in [0.1, 0.15) is 0 Å². The molecule has 0 bridgehead atoms. The van der Waals surface area contributed by atoms with E-state index in [1.807, 2.05) is 12.1 Å². The Labute approximate surface area is 160 Å². The fraction of sp³-hybridized carbons (Fsp3) is 0.150. The zero-order valence-electron chi connectivity index (χ0n) is 14.1. The molecule has 1 unspecified atom stereocenters. The van der Waals surface area contributed by atoms with E-state index in [2.05, 4.69) is 15.9 Å². The number of rotatable bonds is 5. The largest absolute Gasteiger partial charge is 0.465 e. The van der Waals surface area contributed by atoms with E-state index in [9.17, 15) is 13.2 Å². The second kappa shape index (κ2) is 7.60. The summed E-state index contributed by atoms with van der Waals surface area (Å²) in [6.07, 6.45) is 0. The molecule has 0 spiro atoms. The highest BCUT2D eigenvalue weighted by Crippen LogP contribution is 2.36. The molecule has 0 radical (unpaired) electrons. The van der Waals surface area contributed by atoms with Gasteiger partial charge in [-0.25, -0.2) is 8.42 Å². The number of esters is 1. The molecule has 3 rings (SSSR count). The number of fused-ring (bicyclic) bond motifs is 1. The quantitative estimate of drug-likeness (QED) is 0.549. The summed E-state index contributed by atoms with van der Waals surface area (Å²) in [5.74, 6) is -0.773. The van der Waals surface area contributed by atoms with Crippen LogP contribution in [0.5, 0.6) is 0 Å². The number of hydrogen-bond donors (Lipinski definition) is 0. The van der Waals surface area contributed by atoms with Crippen molar-refractivity contribution in [1.29, 1.82) is 0 Å². The first-order valence-corrected chi connectivity index (χ1v) is 10.4. The van der Waals surface area contributed by atoms with Crippen LogP contribution in [0.2, 0.25) is 0 Å². The first-order chi connectivity index (χ1) is 12.5. The van der Waals surface area contributed by atoms with Gasteiger partial charge in [0.15, 0.2) is 15.1 Å². The molecule has 134 valence electrons. The van der Waals surface area contributed by atoms with Crippen LogP contribution in [0.25, 0.3) is 10.8 Å². The lowest BCUT2D eigenvalue weighted by molar-refractivity contribution is -0.142. The molecule has 0 saturated heterocycles. The molecule has 0 aromatic heterocycles. The number of sulfone groups is 1. The molecule has 0 aliphatic rings. The summed E-state index contributed by atoms with van der Waals surface area (Å²) in [5, 5.41) is -0.0791. The fourth-order valence-electron chi connectivity index (χ4n) is 2.90. The Hall–Kier alpha value is -2.18. The Bertz CT molecular complexity index is 1050. The second-order valence-electron chi connectivity index (χ2n) is 5.68. The first-order valence-electron chi connectivity index (χ1n) is 8.09. The van der Waals surface area contributed by atoms with Crippen LogP contribution in [0, 0.1) is 0 Å². The zero-order chi connectivity index (χ0) is 18.7. The van der Waals surface area contributed by atoms with E-state index >= 15 is 0 Å². The van der Waals surface area contributed by atoms with Crippen LogP contribution >= 0.6 is 15.9 Å². The maximum absolute atomic E-state index is 13.5. The number of halogens is 1. The molecule has 0 N–H and O–H groups in total. The van der Waals surface area contributed by atoms with Gasteiger partial charge >= 0.3 is 5.97 Å². The minimum Gasteiger partial charge on any atom is -0.465 e. The Morgan fingerprint density at radius 2 is 1.58 bits per heavy atom. The van der Waals surface area contributed by atoms with Gasteiger partial charge < -0.3 is 4.74 Å². The standard InChI is InChI=1S/C20H17BrO4S/c1-2-25-20(22)19(14-8-4-3-5-9-14)26(23,24)18-13-12-17(21)15-10-6-7-11-16(15)18/h3-13,19H,2H2,1H3. The van der Waals surface area contributed by atoms with Crippen LogP contribution in [-0.2, 0) is 19.4 Å². The maximum Gasteiger partial charge on any atom is 0.329 e. The van der Waals surface area contributed by atoms with Crippen molar-refractivity contribution in [1.82, 2.24) is 0 Å². The number of hydrogen-bond acceptors (Lipinski definition) is 4. The molecule has 3 aromatic rings. The Morgan fingerprint density at radius 3 is 2.23 bits per heavy atom. The molecule has 0 heterocycles. The first kappa shape index (κ1) is 18.6. The predicted molar refractivity (Wildman–Crippen MR) is 105 cm³/mol. The van der Waals surface area contributed by atoms with E-state index in [1.54, 1.807) is 55.5 Å². The lowest BCUT2D eigenvalue weighted by atomic mass is 10.1. The monoisotopic (exact) mass is 432 g/mol. The van der Waals surface area contributed by atoms with Crippen molar-refractivity contribution in [2.75, 3.05) is 6.61 Å². The third-order valence-electron chi connectivity index (χ3n) is 4.05. The van der Waals surface area contributed by atoms with Gasteiger partial charge in [-0.2, -0.15) is 0 Å². The molecule has 4 nitrogen and oxygen atoms in total. The molecule has 0 aliphatic heterocycles.